The van der Waals surface area contributed by atoms with Gasteiger partial charge in [-0.15, -0.1) is 5.10 Å². The molecule has 2 N–H and O–H groups in total. The van der Waals surface area contributed by atoms with Crippen LogP contribution < -0.4 is 10.1 Å². The Morgan fingerprint density at radius 3 is 2.65 bits per heavy atom. The predicted molar refractivity (Wildman–Crippen MR) is 145 cm³/mol. The van der Waals surface area contributed by atoms with E-state index in [-0.39, 0.29) is 54.3 Å². The van der Waals surface area contributed by atoms with E-state index in [9.17, 15) is 23.1 Å². The highest BCUT2D eigenvalue weighted by Crippen LogP contribution is 2.31. The summed E-state index contributed by atoms with van der Waals surface area (Å²) in [6, 6.07) is 10.00. The van der Waals surface area contributed by atoms with Gasteiger partial charge in [0.2, 0.25) is 15.9 Å². The first kappa shape index (κ1) is 29.4. The number of hydrogen-bond acceptors (Lipinski definition) is 9. The number of aromatic nitrogens is 4. The van der Waals surface area contributed by atoms with E-state index in [4.69, 9.17) is 16.3 Å². The summed E-state index contributed by atoms with van der Waals surface area (Å²) in [5.41, 5.74) is 0.513. The molecule has 0 fully saturated rings. The Balaban J connectivity index is 1.62. The average molecular weight is 592 g/mol. The number of hydrogen-bond donors (Lipinski definition) is 2. The van der Waals surface area contributed by atoms with Crippen LogP contribution in [0.15, 0.2) is 53.7 Å². The lowest BCUT2D eigenvalue weighted by molar-refractivity contribution is -0.116. The third-order valence-electron chi connectivity index (χ3n) is 6.60. The van der Waals surface area contributed by atoms with Crippen molar-refractivity contribution in [2.45, 2.75) is 37.4 Å². The van der Waals surface area contributed by atoms with E-state index >= 15 is 0 Å². The normalized spacial score (nSPS) is 18.4. The van der Waals surface area contributed by atoms with Crippen LogP contribution in [0.5, 0.6) is 5.75 Å². The fourth-order valence-corrected chi connectivity index (χ4v) is 5.57. The van der Waals surface area contributed by atoms with Crippen molar-refractivity contribution < 1.29 is 27.9 Å². The fourth-order valence-electron chi connectivity index (χ4n) is 4.26. The Kier molecular flexibility index (Phi) is 9.03. The van der Waals surface area contributed by atoms with Crippen molar-refractivity contribution in [1.82, 2.24) is 29.4 Å². The summed E-state index contributed by atoms with van der Waals surface area (Å²) < 4.78 is 35.2. The number of fused-ring (bicyclic) bond motifs is 1. The van der Waals surface area contributed by atoms with Crippen LogP contribution in [0, 0.1) is 5.92 Å². The topological polar surface area (TPSA) is 160 Å². The second-order valence-electron chi connectivity index (χ2n) is 9.63. The Labute approximate surface area is 236 Å². The van der Waals surface area contributed by atoms with Crippen LogP contribution in [0.1, 0.15) is 24.2 Å². The highest BCUT2D eigenvalue weighted by molar-refractivity contribution is 7.89. The average Bonchev–Trinajstić information content (AvgIpc) is 3.43. The lowest BCUT2D eigenvalue weighted by Crippen LogP contribution is -2.50. The van der Waals surface area contributed by atoms with Crippen molar-refractivity contribution in [3.8, 4) is 5.75 Å². The minimum absolute atomic E-state index is 0.00840. The van der Waals surface area contributed by atoms with Crippen LogP contribution >= 0.6 is 11.6 Å². The number of carbonyl (C=O) groups is 2. The minimum Gasteiger partial charge on any atom is -0.488 e. The first-order chi connectivity index (χ1) is 19.0. The molecule has 0 saturated carbocycles. The number of nitrogens with one attached hydrogen (secondary N) is 1. The fraction of sp³-hybridized carbons (Fsp3) is 0.400. The molecule has 2 heterocycles. The Morgan fingerprint density at radius 1 is 1.27 bits per heavy atom. The van der Waals surface area contributed by atoms with E-state index in [1.165, 1.54) is 57.6 Å². The van der Waals surface area contributed by atoms with Crippen molar-refractivity contribution in [1.29, 1.82) is 0 Å². The van der Waals surface area contributed by atoms with E-state index < -0.39 is 28.1 Å². The zero-order valence-electron chi connectivity index (χ0n) is 22.1. The second-order valence-corrected chi connectivity index (χ2v) is 12.1. The smallest absolute Gasteiger partial charge is 0.258 e. The molecule has 1 aliphatic rings. The van der Waals surface area contributed by atoms with Gasteiger partial charge in [0.05, 0.1) is 29.7 Å². The molecule has 0 unspecified atom stereocenters. The molecule has 4 rings (SSSR count). The van der Waals surface area contributed by atoms with Gasteiger partial charge in [-0.3, -0.25) is 9.59 Å². The number of benzene rings is 2. The van der Waals surface area contributed by atoms with Gasteiger partial charge in [0.15, 0.2) is 0 Å². The zero-order valence-corrected chi connectivity index (χ0v) is 23.7. The predicted octanol–water partition coefficient (Wildman–Crippen LogP) is 1.51. The third kappa shape index (κ3) is 6.58. The number of rotatable bonds is 9. The number of tetrazole rings is 1. The van der Waals surface area contributed by atoms with E-state index in [0.717, 1.165) is 0 Å². The molecule has 3 aromatic rings. The molecular formula is C25H30ClN7O6S. The Bertz CT molecular complexity index is 1450. The number of aliphatic hydroxyl groups excluding tert-OH is 1. The standard InChI is InChI=1S/C25H30ClN7O6S/c1-16-11-33(17(2)14-34)25(36)21-10-19(28-24(35)13-32-15-27-29-30-32)6-9-22(21)39-23(16)12-31(3)40(37,38)20-7-4-18(26)5-8-20/h4-10,15-17,23,34H,11-14H2,1-3H3,(H,28,35)/t16-,17+,23+/m1/s1. The summed E-state index contributed by atoms with van der Waals surface area (Å²) in [6.45, 7) is 3.37. The van der Waals surface area contributed by atoms with E-state index in [1.54, 1.807) is 19.1 Å². The summed E-state index contributed by atoms with van der Waals surface area (Å²) in [6.07, 6.45) is 0.657. The van der Waals surface area contributed by atoms with Crippen LogP contribution in [-0.4, -0.2) is 93.6 Å². The maximum absolute atomic E-state index is 13.6. The number of anilines is 1. The molecule has 0 bridgehead atoms. The maximum Gasteiger partial charge on any atom is 0.258 e. The number of ether oxygens (including phenoxy) is 1. The largest absolute Gasteiger partial charge is 0.488 e. The van der Waals surface area contributed by atoms with Gasteiger partial charge in [-0.2, -0.15) is 4.31 Å². The van der Waals surface area contributed by atoms with Crippen LogP contribution in [0.4, 0.5) is 5.69 Å². The number of likely N-dealkylation sites (N-methyl/N-ethyl adjacent to an activating group) is 1. The molecule has 1 aromatic heterocycles. The third-order valence-corrected chi connectivity index (χ3v) is 8.69. The van der Waals surface area contributed by atoms with Gasteiger partial charge in [-0.05, 0) is 59.8 Å². The summed E-state index contributed by atoms with van der Waals surface area (Å²) >= 11 is 5.92. The second kappa shape index (κ2) is 12.3. The molecule has 1 aliphatic heterocycles. The highest BCUT2D eigenvalue weighted by atomic mass is 35.5. The quantitative estimate of drug-likeness (QED) is 0.376. The first-order valence-corrected chi connectivity index (χ1v) is 14.3. The maximum atomic E-state index is 13.6. The molecule has 3 atom stereocenters. The molecule has 0 radical (unpaired) electrons. The number of nitrogens with zero attached hydrogens (tertiary/aromatic N) is 6. The molecule has 2 aromatic carbocycles. The number of amides is 2. The monoisotopic (exact) mass is 591 g/mol. The van der Waals surface area contributed by atoms with Gasteiger partial charge in [-0.1, -0.05) is 18.5 Å². The lowest BCUT2D eigenvalue weighted by atomic mass is 9.99. The number of sulfonamides is 1. The number of aliphatic hydroxyl groups is 1. The highest BCUT2D eigenvalue weighted by Gasteiger charge is 2.35. The van der Waals surface area contributed by atoms with Crippen LogP contribution in [0.25, 0.3) is 0 Å². The molecular weight excluding hydrogens is 562 g/mol. The van der Waals surface area contributed by atoms with Gasteiger partial charge in [0, 0.05) is 30.2 Å². The van der Waals surface area contributed by atoms with Gasteiger partial charge < -0.3 is 20.1 Å². The molecule has 0 saturated heterocycles. The van der Waals surface area contributed by atoms with Crippen LogP contribution in [-0.2, 0) is 21.4 Å². The summed E-state index contributed by atoms with van der Waals surface area (Å²) in [7, 11) is -2.39. The summed E-state index contributed by atoms with van der Waals surface area (Å²) in [4.78, 5) is 27.7. The van der Waals surface area contributed by atoms with Crippen LogP contribution in [0.2, 0.25) is 5.02 Å². The van der Waals surface area contributed by atoms with Crippen molar-refractivity contribution >= 4 is 39.1 Å². The number of carbonyl (C=O) groups excluding carboxylic acids is 2. The van der Waals surface area contributed by atoms with Crippen molar-refractivity contribution in [3.05, 3.63) is 59.4 Å². The Morgan fingerprint density at radius 2 is 2.00 bits per heavy atom. The van der Waals surface area contributed by atoms with Crippen molar-refractivity contribution in [3.63, 3.8) is 0 Å². The van der Waals surface area contributed by atoms with Crippen molar-refractivity contribution in [2.75, 3.05) is 32.1 Å². The summed E-state index contributed by atoms with van der Waals surface area (Å²) in [5, 5.41) is 23.6. The SMILES string of the molecule is C[C@@H]1CN([C@@H](C)CO)C(=O)c2cc(NC(=O)Cn3cnnn3)ccc2O[C@H]1CN(C)S(=O)(=O)c1ccc(Cl)cc1. The molecule has 0 aliphatic carbocycles. The van der Waals surface area contributed by atoms with E-state index in [0.29, 0.717) is 10.7 Å². The molecule has 0 spiro atoms. The zero-order chi connectivity index (χ0) is 29.0. The van der Waals surface area contributed by atoms with Crippen LogP contribution in [0.3, 0.4) is 0 Å². The molecule has 15 heteroatoms. The molecule has 2 amide bonds. The van der Waals surface area contributed by atoms with Gasteiger partial charge >= 0.3 is 0 Å². The summed E-state index contributed by atoms with van der Waals surface area (Å²) in [5.74, 6) is -0.870. The first-order valence-electron chi connectivity index (χ1n) is 12.4. The lowest BCUT2D eigenvalue weighted by Gasteiger charge is -2.38. The minimum atomic E-state index is -3.85. The van der Waals surface area contributed by atoms with Gasteiger partial charge in [0.1, 0.15) is 24.7 Å². The van der Waals surface area contributed by atoms with Gasteiger partial charge in [-0.25, -0.2) is 13.1 Å². The Hall–Kier alpha value is -3.59. The van der Waals surface area contributed by atoms with E-state index in [2.05, 4.69) is 20.8 Å². The number of halogens is 1. The van der Waals surface area contributed by atoms with E-state index in [1.807, 2.05) is 6.92 Å². The van der Waals surface area contributed by atoms with Crippen molar-refractivity contribution in [2.24, 2.45) is 5.92 Å². The molecule has 13 nitrogen and oxygen atoms in total. The molecule has 214 valence electrons. The van der Waals surface area contributed by atoms with Gasteiger partial charge in [0.25, 0.3) is 5.91 Å². The molecule has 40 heavy (non-hydrogen) atoms.